The maximum atomic E-state index is 13.9. The highest BCUT2D eigenvalue weighted by Gasteiger charge is 2.45. The van der Waals surface area contributed by atoms with Gasteiger partial charge in [-0.2, -0.15) is 0 Å². The second-order valence-corrected chi connectivity index (χ2v) is 4.01. The molecule has 0 saturated carbocycles. The Morgan fingerprint density at radius 3 is 2.83 bits per heavy atom. The van der Waals surface area contributed by atoms with Crippen LogP contribution in [0.1, 0.15) is 17.4 Å². The smallest absolute Gasteiger partial charge is 0.248 e. The minimum atomic E-state index is -1.71. The molecule has 6 heteroatoms. The highest BCUT2D eigenvalue weighted by atomic mass is 19.1. The molecule has 1 aromatic heterocycles. The Morgan fingerprint density at radius 1 is 1.56 bits per heavy atom. The maximum Gasteiger partial charge on any atom is 0.248 e. The van der Waals surface area contributed by atoms with Gasteiger partial charge in [-0.1, -0.05) is 5.92 Å². The summed E-state index contributed by atoms with van der Waals surface area (Å²) in [7, 11) is 0. The molecule has 96 valence electrons. The highest BCUT2D eigenvalue weighted by molar-refractivity contribution is 5.36. The van der Waals surface area contributed by atoms with E-state index in [1.165, 1.54) is 12.1 Å². The van der Waals surface area contributed by atoms with Gasteiger partial charge in [0.2, 0.25) is 5.56 Å². The molecule has 0 radical (unpaired) electrons. The fourth-order valence-corrected chi connectivity index (χ4v) is 1.97. The monoisotopic (exact) mass is 253 g/mol. The molecule has 1 unspecified atom stereocenters. The average molecular weight is 253 g/mol. The topological polar surface area (TPSA) is 82.6 Å². The molecule has 18 heavy (non-hydrogen) atoms. The van der Waals surface area contributed by atoms with Gasteiger partial charge in [-0.3, -0.25) is 4.79 Å². The first-order valence-electron chi connectivity index (χ1n) is 5.36. The fraction of sp³-hybridized carbons (Fsp3) is 0.417. The van der Waals surface area contributed by atoms with Gasteiger partial charge in [-0.05, 0) is 6.07 Å². The molecule has 4 atom stereocenters. The summed E-state index contributed by atoms with van der Waals surface area (Å²) < 4.78 is 19.1. The number of alkyl halides is 1. The highest BCUT2D eigenvalue weighted by Crippen LogP contribution is 2.36. The van der Waals surface area contributed by atoms with E-state index in [2.05, 4.69) is 10.9 Å². The number of rotatable bonds is 2. The van der Waals surface area contributed by atoms with Crippen molar-refractivity contribution in [2.24, 2.45) is 0 Å². The van der Waals surface area contributed by atoms with Gasteiger partial charge in [0.05, 0.1) is 12.3 Å². The lowest BCUT2D eigenvalue weighted by atomic mass is 10.0. The van der Waals surface area contributed by atoms with Crippen LogP contribution in [0.5, 0.6) is 0 Å². The Morgan fingerprint density at radius 2 is 2.28 bits per heavy atom. The van der Waals surface area contributed by atoms with Crippen LogP contribution < -0.4 is 5.56 Å². The Kier molecular flexibility index (Phi) is 3.48. The van der Waals surface area contributed by atoms with Crippen molar-refractivity contribution in [3.8, 4) is 12.3 Å². The van der Waals surface area contributed by atoms with E-state index in [9.17, 15) is 14.3 Å². The summed E-state index contributed by atoms with van der Waals surface area (Å²) in [5.41, 5.74) is -0.0140. The number of ether oxygens (including phenoxy) is 1. The molecule has 1 aliphatic rings. The van der Waals surface area contributed by atoms with Crippen molar-refractivity contribution < 1.29 is 19.3 Å². The lowest BCUT2D eigenvalue weighted by Gasteiger charge is -2.14. The van der Waals surface area contributed by atoms with Gasteiger partial charge in [0.15, 0.2) is 6.17 Å². The number of pyridine rings is 1. The Balaban J connectivity index is 2.39. The molecule has 1 fully saturated rings. The molecule has 2 rings (SSSR count). The summed E-state index contributed by atoms with van der Waals surface area (Å²) >= 11 is 0. The first kappa shape index (κ1) is 12.8. The predicted octanol–water partition coefficient (Wildman–Crippen LogP) is -0.513. The second-order valence-electron chi connectivity index (χ2n) is 4.01. The number of aromatic nitrogens is 1. The van der Waals surface area contributed by atoms with E-state index < -0.39 is 36.6 Å². The van der Waals surface area contributed by atoms with Crippen LogP contribution in [0.3, 0.4) is 0 Å². The van der Waals surface area contributed by atoms with Crippen molar-refractivity contribution in [1.29, 1.82) is 0 Å². The lowest BCUT2D eigenvalue weighted by molar-refractivity contribution is -0.0227. The number of halogens is 1. The third-order valence-corrected chi connectivity index (χ3v) is 2.90. The molecule has 1 saturated heterocycles. The first-order chi connectivity index (χ1) is 8.58. The van der Waals surface area contributed by atoms with Gasteiger partial charge >= 0.3 is 0 Å². The van der Waals surface area contributed by atoms with Crippen molar-refractivity contribution in [2.45, 2.75) is 24.5 Å². The number of aromatic amines is 1. The molecule has 0 spiro atoms. The molecule has 0 amide bonds. The first-order valence-corrected chi connectivity index (χ1v) is 5.36. The molecule has 1 aromatic rings. The van der Waals surface area contributed by atoms with Crippen LogP contribution in [-0.4, -0.2) is 40.2 Å². The van der Waals surface area contributed by atoms with Crippen molar-refractivity contribution in [3.63, 3.8) is 0 Å². The molecule has 0 aromatic carbocycles. The number of nitrogens with one attached hydrogen (secondary N) is 1. The molecule has 1 aliphatic heterocycles. The number of aliphatic hydroxyl groups is 2. The minimum absolute atomic E-state index is 0.112. The summed E-state index contributed by atoms with van der Waals surface area (Å²) in [6.45, 7) is -0.493. The van der Waals surface area contributed by atoms with E-state index in [0.717, 1.165) is 0 Å². The van der Waals surface area contributed by atoms with Gasteiger partial charge in [-0.15, -0.1) is 6.42 Å². The van der Waals surface area contributed by atoms with Gasteiger partial charge in [0.25, 0.3) is 0 Å². The number of H-pyrrole nitrogens is 1. The zero-order valence-electron chi connectivity index (χ0n) is 9.34. The van der Waals surface area contributed by atoms with Crippen molar-refractivity contribution in [1.82, 2.24) is 4.98 Å². The summed E-state index contributed by atoms with van der Waals surface area (Å²) in [6.07, 6.45) is 0.00242. The number of aliphatic hydroxyl groups excluding tert-OH is 2. The van der Waals surface area contributed by atoms with Crippen LogP contribution in [0.15, 0.2) is 16.9 Å². The zero-order chi connectivity index (χ0) is 13.3. The van der Waals surface area contributed by atoms with Crippen LogP contribution in [0.2, 0.25) is 0 Å². The third kappa shape index (κ3) is 2.04. The fourth-order valence-electron chi connectivity index (χ4n) is 1.97. The van der Waals surface area contributed by atoms with Crippen molar-refractivity contribution in [3.05, 3.63) is 33.7 Å². The van der Waals surface area contributed by atoms with E-state index in [4.69, 9.17) is 16.3 Å². The summed E-state index contributed by atoms with van der Waals surface area (Å²) in [5, 5.41) is 18.5. The van der Waals surface area contributed by atoms with Crippen LogP contribution >= 0.6 is 0 Å². The van der Waals surface area contributed by atoms with E-state index in [1.54, 1.807) is 0 Å². The molecular weight excluding hydrogens is 241 g/mol. The molecule has 0 bridgehead atoms. The number of hydrogen-bond donors (Lipinski definition) is 3. The Bertz CT molecular complexity index is 536. The Hall–Kier alpha value is -1.68. The number of terminal acetylenes is 1. The normalized spacial score (nSPS) is 31.2. The van der Waals surface area contributed by atoms with Crippen LogP contribution in [0.4, 0.5) is 4.39 Å². The predicted molar refractivity (Wildman–Crippen MR) is 60.6 cm³/mol. The minimum Gasteiger partial charge on any atom is -0.394 e. The zero-order valence-corrected chi connectivity index (χ0v) is 9.34. The molecule has 2 heterocycles. The second kappa shape index (κ2) is 4.90. The summed E-state index contributed by atoms with van der Waals surface area (Å²) in [5.74, 6) is 2.24. The standard InChI is InChI=1S/C12H12FNO4/c1-2-7-6(3-4-9(16)14-7)12-10(13)11(17)8(5-15)18-12/h1,3-4,8,10-12,15,17H,5H2,(H,14,16)/t8-,10+,11?,12+/m1/s1. The SMILES string of the molecule is C#Cc1[nH]c(=O)ccc1[C@@H]1O[C@H](CO)C(O)[C@@H]1F. The van der Waals surface area contributed by atoms with Gasteiger partial charge in [0, 0.05) is 11.6 Å². The number of hydrogen-bond acceptors (Lipinski definition) is 4. The van der Waals surface area contributed by atoms with E-state index >= 15 is 0 Å². The van der Waals surface area contributed by atoms with Gasteiger partial charge in [0.1, 0.15) is 18.3 Å². The molecule has 5 nitrogen and oxygen atoms in total. The van der Waals surface area contributed by atoms with Crippen molar-refractivity contribution in [2.75, 3.05) is 6.61 Å². The largest absolute Gasteiger partial charge is 0.394 e. The summed E-state index contributed by atoms with van der Waals surface area (Å²) in [6, 6.07) is 2.56. The van der Waals surface area contributed by atoms with Crippen LogP contribution in [0, 0.1) is 12.3 Å². The summed E-state index contributed by atoms with van der Waals surface area (Å²) in [4.78, 5) is 13.5. The van der Waals surface area contributed by atoms with E-state index in [0.29, 0.717) is 0 Å². The quantitative estimate of drug-likeness (QED) is 0.620. The van der Waals surface area contributed by atoms with E-state index in [-0.39, 0.29) is 11.3 Å². The molecule has 3 N–H and O–H groups in total. The van der Waals surface area contributed by atoms with Crippen LogP contribution in [0.25, 0.3) is 0 Å². The van der Waals surface area contributed by atoms with Crippen LogP contribution in [-0.2, 0) is 4.74 Å². The molecule has 0 aliphatic carbocycles. The lowest BCUT2D eigenvalue weighted by Crippen LogP contribution is -2.30. The average Bonchev–Trinajstić information content (AvgIpc) is 2.66. The Labute approximate surface area is 102 Å². The van der Waals surface area contributed by atoms with Gasteiger partial charge < -0.3 is 19.9 Å². The van der Waals surface area contributed by atoms with Gasteiger partial charge in [-0.25, -0.2) is 4.39 Å². The van der Waals surface area contributed by atoms with E-state index in [1.807, 2.05) is 0 Å². The third-order valence-electron chi connectivity index (χ3n) is 2.90. The maximum absolute atomic E-state index is 13.9. The molecular formula is C12H12FNO4. The van der Waals surface area contributed by atoms with Crippen molar-refractivity contribution >= 4 is 0 Å².